The molecular weight excluding hydrogens is 322 g/mol. The monoisotopic (exact) mass is 345 g/mol. The first-order chi connectivity index (χ1) is 12.2. The normalized spacial score (nSPS) is 15.1. The van der Waals surface area contributed by atoms with E-state index < -0.39 is 0 Å². The number of rotatable bonds is 5. The summed E-state index contributed by atoms with van der Waals surface area (Å²) in [6, 6.07) is 3.39. The lowest BCUT2D eigenvalue weighted by atomic mass is 9.95. The first-order valence-corrected chi connectivity index (χ1v) is 8.26. The van der Waals surface area contributed by atoms with Crippen LogP contribution in [0.4, 0.5) is 0 Å². The molecule has 3 rings (SSSR count). The molecule has 1 fully saturated rings. The van der Waals surface area contributed by atoms with Gasteiger partial charge in [0.1, 0.15) is 5.82 Å². The topological polar surface area (TPSA) is 76.7 Å². The van der Waals surface area contributed by atoms with Gasteiger partial charge in [-0.1, -0.05) is 0 Å². The fourth-order valence-corrected chi connectivity index (χ4v) is 3.24. The van der Waals surface area contributed by atoms with Crippen LogP contribution in [0.3, 0.4) is 0 Å². The van der Waals surface area contributed by atoms with Gasteiger partial charge in [-0.3, -0.25) is 4.79 Å². The van der Waals surface area contributed by atoms with Gasteiger partial charge in [-0.25, -0.2) is 4.98 Å². The molecule has 1 aromatic carbocycles. The highest BCUT2D eigenvalue weighted by Crippen LogP contribution is 2.38. The van der Waals surface area contributed by atoms with Crippen molar-refractivity contribution in [3.63, 3.8) is 0 Å². The number of likely N-dealkylation sites (tertiary alicyclic amines) is 1. The Morgan fingerprint density at radius 2 is 1.76 bits per heavy atom. The van der Waals surface area contributed by atoms with Crippen LogP contribution in [0.2, 0.25) is 0 Å². The maximum atomic E-state index is 12.9. The molecule has 1 aliphatic heterocycles. The number of amides is 1. The number of imidazole rings is 1. The molecule has 1 aliphatic rings. The molecule has 0 bridgehead atoms. The quantitative estimate of drug-likeness (QED) is 0.901. The SMILES string of the molecule is COc1cc(C(=O)N2CCC(c3ncc[nH]3)CC2)cc(OC)c1OC. The van der Waals surface area contributed by atoms with E-state index in [4.69, 9.17) is 14.2 Å². The molecule has 0 atom stereocenters. The molecule has 0 aliphatic carbocycles. The summed E-state index contributed by atoms with van der Waals surface area (Å²) in [7, 11) is 4.63. The van der Waals surface area contributed by atoms with Crippen molar-refractivity contribution < 1.29 is 19.0 Å². The number of piperidine rings is 1. The molecule has 25 heavy (non-hydrogen) atoms. The standard InChI is InChI=1S/C18H23N3O4/c1-23-14-10-13(11-15(24-2)16(14)25-3)18(22)21-8-4-12(5-9-21)17-19-6-7-20-17/h6-7,10-12H,4-5,8-9H2,1-3H3,(H,19,20). The number of ether oxygens (including phenoxy) is 3. The highest BCUT2D eigenvalue weighted by atomic mass is 16.5. The Kier molecular flexibility index (Phi) is 5.11. The minimum atomic E-state index is -0.0304. The summed E-state index contributed by atoms with van der Waals surface area (Å²) in [5, 5.41) is 0. The smallest absolute Gasteiger partial charge is 0.254 e. The summed E-state index contributed by atoms with van der Waals surface area (Å²) in [5.74, 6) is 2.79. The van der Waals surface area contributed by atoms with Gasteiger partial charge in [0.05, 0.1) is 21.3 Å². The van der Waals surface area contributed by atoms with Crippen molar-refractivity contribution in [2.75, 3.05) is 34.4 Å². The number of carbonyl (C=O) groups is 1. The van der Waals surface area contributed by atoms with Crippen LogP contribution in [-0.4, -0.2) is 55.2 Å². The number of aromatic amines is 1. The van der Waals surface area contributed by atoms with Crippen LogP contribution < -0.4 is 14.2 Å². The number of nitrogens with zero attached hydrogens (tertiary/aromatic N) is 2. The van der Waals surface area contributed by atoms with E-state index in [1.54, 1.807) is 39.7 Å². The molecule has 0 spiro atoms. The average Bonchev–Trinajstić information content (AvgIpc) is 3.21. The summed E-state index contributed by atoms with van der Waals surface area (Å²) in [6.45, 7) is 1.39. The summed E-state index contributed by atoms with van der Waals surface area (Å²) in [5.41, 5.74) is 0.533. The molecule has 134 valence electrons. The van der Waals surface area contributed by atoms with Gasteiger partial charge in [-0.15, -0.1) is 0 Å². The van der Waals surface area contributed by atoms with Crippen molar-refractivity contribution in [2.24, 2.45) is 0 Å². The van der Waals surface area contributed by atoms with Gasteiger partial charge < -0.3 is 24.1 Å². The Balaban J connectivity index is 1.75. The maximum absolute atomic E-state index is 12.9. The van der Waals surface area contributed by atoms with E-state index in [9.17, 15) is 4.79 Å². The molecule has 1 aromatic heterocycles. The third-order valence-electron chi connectivity index (χ3n) is 4.60. The second kappa shape index (κ2) is 7.46. The molecule has 1 N–H and O–H groups in total. The van der Waals surface area contributed by atoms with E-state index in [1.165, 1.54) is 0 Å². The van der Waals surface area contributed by atoms with Crippen LogP contribution in [-0.2, 0) is 0 Å². The predicted molar refractivity (Wildman–Crippen MR) is 92.6 cm³/mol. The predicted octanol–water partition coefficient (Wildman–Crippen LogP) is 2.46. The van der Waals surface area contributed by atoms with Crippen LogP contribution in [0.15, 0.2) is 24.5 Å². The average molecular weight is 345 g/mol. The van der Waals surface area contributed by atoms with Crippen LogP contribution in [0.5, 0.6) is 17.2 Å². The number of nitrogens with one attached hydrogen (secondary N) is 1. The van der Waals surface area contributed by atoms with Crippen molar-refractivity contribution in [3.05, 3.63) is 35.9 Å². The molecule has 2 aromatic rings. The molecule has 1 saturated heterocycles. The molecule has 1 amide bonds. The Labute approximate surface area is 146 Å². The van der Waals surface area contributed by atoms with E-state index >= 15 is 0 Å². The van der Waals surface area contributed by atoms with Gasteiger partial charge in [0.15, 0.2) is 11.5 Å². The lowest BCUT2D eigenvalue weighted by Crippen LogP contribution is -2.38. The number of hydrogen-bond donors (Lipinski definition) is 1. The molecule has 7 heteroatoms. The number of hydrogen-bond acceptors (Lipinski definition) is 5. The third kappa shape index (κ3) is 3.40. The van der Waals surface area contributed by atoms with Gasteiger partial charge in [0.25, 0.3) is 5.91 Å². The van der Waals surface area contributed by atoms with Crippen LogP contribution >= 0.6 is 0 Å². The number of carbonyl (C=O) groups excluding carboxylic acids is 1. The van der Waals surface area contributed by atoms with Crippen LogP contribution in [0.1, 0.15) is 34.9 Å². The first kappa shape index (κ1) is 17.1. The van der Waals surface area contributed by atoms with Crippen molar-refractivity contribution in [3.8, 4) is 17.2 Å². The Hall–Kier alpha value is -2.70. The summed E-state index contributed by atoms with van der Waals surface area (Å²) in [6.07, 6.45) is 5.39. The van der Waals surface area contributed by atoms with E-state index in [0.29, 0.717) is 41.8 Å². The Bertz CT molecular complexity index is 697. The Morgan fingerprint density at radius 3 is 2.24 bits per heavy atom. The van der Waals surface area contributed by atoms with Gasteiger partial charge in [-0.05, 0) is 25.0 Å². The zero-order valence-electron chi connectivity index (χ0n) is 14.7. The number of benzene rings is 1. The van der Waals surface area contributed by atoms with Gasteiger partial charge in [0.2, 0.25) is 5.75 Å². The summed E-state index contributed by atoms with van der Waals surface area (Å²) < 4.78 is 16.0. The van der Waals surface area contributed by atoms with Crippen LogP contribution in [0.25, 0.3) is 0 Å². The van der Waals surface area contributed by atoms with Crippen molar-refractivity contribution in [1.29, 1.82) is 0 Å². The number of H-pyrrole nitrogens is 1. The fourth-order valence-electron chi connectivity index (χ4n) is 3.24. The molecule has 0 radical (unpaired) electrons. The van der Waals surface area contributed by atoms with E-state index in [1.807, 2.05) is 11.1 Å². The third-order valence-corrected chi connectivity index (χ3v) is 4.60. The Morgan fingerprint density at radius 1 is 1.12 bits per heavy atom. The second-order valence-electron chi connectivity index (χ2n) is 5.95. The minimum absolute atomic E-state index is 0.0304. The van der Waals surface area contributed by atoms with E-state index in [2.05, 4.69) is 9.97 Å². The number of methoxy groups -OCH3 is 3. The largest absolute Gasteiger partial charge is 0.493 e. The molecular formula is C18H23N3O4. The highest BCUT2D eigenvalue weighted by Gasteiger charge is 2.27. The maximum Gasteiger partial charge on any atom is 0.254 e. The van der Waals surface area contributed by atoms with E-state index in [0.717, 1.165) is 18.7 Å². The lowest BCUT2D eigenvalue weighted by Gasteiger charge is -2.31. The van der Waals surface area contributed by atoms with Gasteiger partial charge in [-0.2, -0.15) is 0 Å². The molecule has 0 saturated carbocycles. The van der Waals surface area contributed by atoms with Gasteiger partial charge in [0, 0.05) is 37.0 Å². The summed E-state index contributed by atoms with van der Waals surface area (Å²) >= 11 is 0. The van der Waals surface area contributed by atoms with E-state index in [-0.39, 0.29) is 5.91 Å². The van der Waals surface area contributed by atoms with Gasteiger partial charge >= 0.3 is 0 Å². The molecule has 0 unspecified atom stereocenters. The van der Waals surface area contributed by atoms with Crippen molar-refractivity contribution in [2.45, 2.75) is 18.8 Å². The zero-order valence-corrected chi connectivity index (χ0v) is 14.7. The lowest BCUT2D eigenvalue weighted by molar-refractivity contribution is 0.0710. The zero-order chi connectivity index (χ0) is 17.8. The summed E-state index contributed by atoms with van der Waals surface area (Å²) in [4.78, 5) is 22.2. The highest BCUT2D eigenvalue weighted by molar-refractivity contribution is 5.95. The first-order valence-electron chi connectivity index (χ1n) is 8.26. The molecule has 2 heterocycles. The molecule has 7 nitrogen and oxygen atoms in total. The van der Waals surface area contributed by atoms with Crippen molar-refractivity contribution >= 4 is 5.91 Å². The second-order valence-corrected chi connectivity index (χ2v) is 5.95. The fraction of sp³-hybridized carbons (Fsp3) is 0.444. The van der Waals surface area contributed by atoms with Crippen molar-refractivity contribution in [1.82, 2.24) is 14.9 Å². The number of aromatic nitrogens is 2. The minimum Gasteiger partial charge on any atom is -0.493 e. The van der Waals surface area contributed by atoms with Crippen LogP contribution in [0, 0.1) is 0 Å².